The van der Waals surface area contributed by atoms with Crippen LogP contribution in [-0.4, -0.2) is 19.1 Å². The maximum Gasteiger partial charge on any atom is 0.140 e. The van der Waals surface area contributed by atoms with Gasteiger partial charge >= 0.3 is 0 Å². The average molecular weight is 709 g/mol. The number of rotatable bonds is 4. The lowest BCUT2D eigenvalue weighted by atomic mass is 10.1. The number of aryl methyl sites for hydroxylation is 2. The maximum absolute atomic E-state index is 4.89. The van der Waals surface area contributed by atoms with E-state index in [9.17, 15) is 0 Å². The first kappa shape index (κ1) is 29.2. The van der Waals surface area contributed by atoms with E-state index in [-0.39, 0.29) is 0 Å². The maximum atomic E-state index is 4.89. The first-order valence-electron chi connectivity index (χ1n) is 16.9. The highest BCUT2D eigenvalue weighted by Crippen LogP contribution is 2.44. The first-order valence-corrected chi connectivity index (χ1v) is 19.4. The number of aromatic nitrogens is 4. The summed E-state index contributed by atoms with van der Waals surface area (Å²) >= 11 is 5.64. The van der Waals surface area contributed by atoms with Gasteiger partial charge in [-0.15, -0.1) is 34.0 Å². The summed E-state index contributed by atoms with van der Waals surface area (Å²) in [6, 6.07) is 48.6. The standard InChI is InChI=1S/C44H28N4S3/c1-47-35-9-5-3-7-33(35)45-43(47)27-15-11-25(12-16-27)37-21-29-19-31-32-20-30-22-38(50-40(30)24-42(32)51-41(31)23-39(29)49-37)26-13-17-28(18-14-26)44-46-34-8-4-6-10-36(34)48(44)2/h3-24H,1-2H3. The fourth-order valence-corrected chi connectivity index (χ4v) is 11.0. The van der Waals surface area contributed by atoms with Gasteiger partial charge in [-0.2, -0.15) is 0 Å². The molecular weight excluding hydrogens is 681 g/mol. The molecule has 7 heteroatoms. The highest BCUT2D eigenvalue weighted by atomic mass is 32.1. The summed E-state index contributed by atoms with van der Waals surface area (Å²) in [6.45, 7) is 0. The van der Waals surface area contributed by atoms with Gasteiger partial charge < -0.3 is 9.13 Å². The second-order valence-electron chi connectivity index (χ2n) is 13.2. The van der Waals surface area contributed by atoms with Crippen molar-refractivity contribution in [3.63, 3.8) is 0 Å². The number of fused-ring (bicyclic) bond motifs is 7. The highest BCUT2D eigenvalue weighted by molar-refractivity contribution is 7.27. The number of hydrogen-bond acceptors (Lipinski definition) is 5. The van der Waals surface area contributed by atoms with Crippen LogP contribution in [0.4, 0.5) is 0 Å². The van der Waals surface area contributed by atoms with Gasteiger partial charge in [0.1, 0.15) is 11.6 Å². The van der Waals surface area contributed by atoms with Gasteiger partial charge in [-0.3, -0.25) is 0 Å². The molecule has 0 saturated carbocycles. The molecule has 0 aliphatic carbocycles. The Kier molecular flexibility index (Phi) is 6.26. The zero-order valence-corrected chi connectivity index (χ0v) is 30.2. The van der Waals surface area contributed by atoms with Crippen molar-refractivity contribution in [3.8, 4) is 43.7 Å². The van der Waals surface area contributed by atoms with Gasteiger partial charge in [0, 0.05) is 64.5 Å². The van der Waals surface area contributed by atoms with Crippen LogP contribution < -0.4 is 0 Å². The molecule has 5 heterocycles. The Balaban J connectivity index is 0.914. The number of para-hydroxylation sites is 4. The molecule has 5 aromatic heterocycles. The minimum Gasteiger partial charge on any atom is -0.327 e. The topological polar surface area (TPSA) is 35.6 Å². The molecule has 0 radical (unpaired) electrons. The van der Waals surface area contributed by atoms with E-state index in [0.717, 1.165) is 44.8 Å². The van der Waals surface area contributed by atoms with Crippen LogP contribution in [0.3, 0.4) is 0 Å². The van der Waals surface area contributed by atoms with Crippen molar-refractivity contribution in [3.05, 3.63) is 133 Å². The van der Waals surface area contributed by atoms with Gasteiger partial charge in [0.15, 0.2) is 0 Å². The van der Waals surface area contributed by atoms with Crippen LogP contribution in [0.5, 0.6) is 0 Å². The second-order valence-corrected chi connectivity index (χ2v) is 16.5. The molecule has 0 fully saturated rings. The highest BCUT2D eigenvalue weighted by Gasteiger charge is 2.15. The van der Waals surface area contributed by atoms with E-state index in [4.69, 9.17) is 9.97 Å². The molecular formula is C44H28N4S3. The third-order valence-electron chi connectivity index (χ3n) is 10.2. The third kappa shape index (κ3) is 4.55. The Labute approximate surface area is 305 Å². The van der Waals surface area contributed by atoms with Gasteiger partial charge in [-0.1, -0.05) is 72.8 Å². The monoisotopic (exact) mass is 708 g/mol. The molecule has 4 nitrogen and oxygen atoms in total. The molecule has 11 rings (SSSR count). The number of imidazole rings is 2. The van der Waals surface area contributed by atoms with Gasteiger partial charge in [-0.25, -0.2) is 9.97 Å². The van der Waals surface area contributed by atoms with Crippen molar-refractivity contribution < 1.29 is 0 Å². The van der Waals surface area contributed by atoms with Gasteiger partial charge in [0.25, 0.3) is 0 Å². The van der Waals surface area contributed by atoms with Crippen molar-refractivity contribution in [2.45, 2.75) is 0 Å². The summed E-state index contributed by atoms with van der Waals surface area (Å²) in [4.78, 5) is 12.4. The van der Waals surface area contributed by atoms with Crippen molar-refractivity contribution in [1.82, 2.24) is 19.1 Å². The Morgan fingerprint density at radius 1 is 0.412 bits per heavy atom. The molecule has 0 spiro atoms. The van der Waals surface area contributed by atoms with Crippen molar-refractivity contribution in [2.75, 3.05) is 0 Å². The number of thiophene rings is 3. The molecule has 0 amide bonds. The fourth-order valence-electron chi connectivity index (χ4n) is 7.50. The largest absolute Gasteiger partial charge is 0.327 e. The van der Waals surface area contributed by atoms with E-state index >= 15 is 0 Å². The number of nitrogens with zero attached hydrogens (tertiary/aromatic N) is 4. The lowest BCUT2D eigenvalue weighted by Gasteiger charge is -2.04. The molecule has 0 atom stereocenters. The molecule has 6 aromatic carbocycles. The lowest BCUT2D eigenvalue weighted by Crippen LogP contribution is -1.92. The lowest BCUT2D eigenvalue weighted by molar-refractivity contribution is 0.959. The van der Waals surface area contributed by atoms with Crippen LogP contribution in [0.1, 0.15) is 0 Å². The molecule has 242 valence electrons. The SMILES string of the molecule is Cn1c(-c2ccc(-c3cc4cc5c(cc4s3)sc3cc4sc(-c6ccc(-c7nc8ccccc8n7C)cc6)cc4cc35)cc2)nc2ccccc21. The smallest absolute Gasteiger partial charge is 0.140 e. The van der Waals surface area contributed by atoms with Gasteiger partial charge in [0.2, 0.25) is 0 Å². The van der Waals surface area contributed by atoms with Gasteiger partial charge in [0.05, 0.1) is 22.1 Å². The Morgan fingerprint density at radius 3 is 1.25 bits per heavy atom. The van der Waals surface area contributed by atoms with Crippen LogP contribution in [0.2, 0.25) is 0 Å². The van der Waals surface area contributed by atoms with E-state index < -0.39 is 0 Å². The molecule has 0 aliphatic heterocycles. The first-order chi connectivity index (χ1) is 25.0. The van der Waals surface area contributed by atoms with Crippen LogP contribution in [0.25, 0.3) is 106 Å². The van der Waals surface area contributed by atoms with Crippen LogP contribution in [-0.2, 0) is 14.1 Å². The summed E-state index contributed by atoms with van der Waals surface area (Å²) in [5, 5.41) is 5.28. The molecule has 0 bridgehead atoms. The van der Waals surface area contributed by atoms with Crippen molar-refractivity contribution in [1.29, 1.82) is 0 Å². The summed E-state index contributed by atoms with van der Waals surface area (Å²) in [5.74, 6) is 1.98. The summed E-state index contributed by atoms with van der Waals surface area (Å²) in [7, 11) is 4.18. The quantitative estimate of drug-likeness (QED) is 0.182. The molecule has 0 saturated heterocycles. The molecule has 11 aromatic rings. The number of benzene rings is 6. The third-order valence-corrected chi connectivity index (χ3v) is 13.6. The predicted molar refractivity (Wildman–Crippen MR) is 220 cm³/mol. The van der Waals surface area contributed by atoms with Crippen LogP contribution in [0, 0.1) is 0 Å². The summed E-state index contributed by atoms with van der Waals surface area (Å²) in [5.41, 5.74) is 9.08. The normalized spacial score (nSPS) is 12.1. The molecule has 0 unspecified atom stereocenters. The van der Waals surface area contributed by atoms with E-state index in [1.807, 2.05) is 46.1 Å². The van der Waals surface area contributed by atoms with Crippen LogP contribution >= 0.6 is 34.0 Å². The Bertz CT molecular complexity index is 2940. The minimum absolute atomic E-state index is 0.991. The Morgan fingerprint density at radius 2 is 0.824 bits per heavy atom. The van der Waals surface area contributed by atoms with Crippen molar-refractivity contribution in [2.24, 2.45) is 14.1 Å². The number of hydrogen-bond donors (Lipinski definition) is 0. The van der Waals surface area contributed by atoms with E-state index in [0.29, 0.717) is 0 Å². The molecule has 0 aliphatic rings. The molecule has 51 heavy (non-hydrogen) atoms. The zero-order valence-electron chi connectivity index (χ0n) is 27.7. The summed E-state index contributed by atoms with van der Waals surface area (Å²) in [6.07, 6.45) is 0. The van der Waals surface area contributed by atoms with Gasteiger partial charge in [-0.05, 0) is 82.6 Å². The molecule has 0 N–H and O–H groups in total. The predicted octanol–water partition coefficient (Wildman–Crippen LogP) is 12.9. The average Bonchev–Trinajstić information content (AvgIpc) is 3.99. The van der Waals surface area contributed by atoms with Crippen molar-refractivity contribution >= 4 is 96.4 Å². The zero-order chi connectivity index (χ0) is 33.8. The Hall–Kier alpha value is -5.60. The summed E-state index contributed by atoms with van der Waals surface area (Å²) < 4.78 is 9.70. The minimum atomic E-state index is 0.991. The van der Waals surface area contributed by atoms with E-state index in [2.05, 4.69) is 145 Å². The second kappa shape index (κ2) is 10.9. The fraction of sp³-hybridized carbons (Fsp3) is 0.0455. The van der Waals surface area contributed by atoms with Crippen LogP contribution in [0.15, 0.2) is 133 Å². The van der Waals surface area contributed by atoms with E-state index in [1.54, 1.807) is 0 Å². The van der Waals surface area contributed by atoms with E-state index in [1.165, 1.54) is 61.2 Å².